The van der Waals surface area contributed by atoms with Crippen molar-refractivity contribution >= 4 is 27.5 Å². The lowest BCUT2D eigenvalue weighted by molar-refractivity contribution is 0.0939. The van der Waals surface area contributed by atoms with E-state index < -0.39 is 10.0 Å². The van der Waals surface area contributed by atoms with E-state index >= 15 is 0 Å². The number of sulfonamides is 1. The van der Waals surface area contributed by atoms with Gasteiger partial charge in [-0.2, -0.15) is 4.31 Å². The normalized spacial score (nSPS) is 12.8. The third kappa shape index (κ3) is 4.69. The fourth-order valence-electron chi connectivity index (χ4n) is 2.91. The first-order chi connectivity index (χ1) is 12.7. The van der Waals surface area contributed by atoms with Gasteiger partial charge in [0.1, 0.15) is 0 Å². The van der Waals surface area contributed by atoms with Crippen molar-refractivity contribution in [3.63, 3.8) is 0 Å². The number of carbonyl (C=O) groups is 1. The fourth-order valence-corrected chi connectivity index (χ4v) is 4.91. The van der Waals surface area contributed by atoms with Crippen molar-refractivity contribution in [1.29, 1.82) is 0 Å². The summed E-state index contributed by atoms with van der Waals surface area (Å²) in [5.74, 6) is -0.349. The lowest BCUT2D eigenvalue weighted by Gasteiger charge is -2.20. The SMILES string of the molecule is CCN(CC)S(=O)(=O)c1cc(C(=O)NC(C)c2ccccc2Cl)ccc1C. The van der Waals surface area contributed by atoms with Gasteiger partial charge in [0.05, 0.1) is 10.9 Å². The number of nitrogens with one attached hydrogen (secondary N) is 1. The molecule has 27 heavy (non-hydrogen) atoms. The van der Waals surface area contributed by atoms with Crippen molar-refractivity contribution in [2.24, 2.45) is 0 Å². The first kappa shape index (κ1) is 21.4. The summed E-state index contributed by atoms with van der Waals surface area (Å²) in [7, 11) is -3.64. The maximum Gasteiger partial charge on any atom is 0.251 e. The highest BCUT2D eigenvalue weighted by Crippen LogP contribution is 2.24. The highest BCUT2D eigenvalue weighted by atomic mass is 35.5. The van der Waals surface area contributed by atoms with Gasteiger partial charge in [0.2, 0.25) is 10.0 Å². The fraction of sp³-hybridized carbons (Fsp3) is 0.350. The molecule has 0 saturated heterocycles. The van der Waals surface area contributed by atoms with Crippen LogP contribution in [0.3, 0.4) is 0 Å². The summed E-state index contributed by atoms with van der Waals surface area (Å²) in [6.07, 6.45) is 0. The smallest absolute Gasteiger partial charge is 0.251 e. The Bertz CT molecular complexity index is 925. The molecule has 0 aliphatic carbocycles. The summed E-state index contributed by atoms with van der Waals surface area (Å²) in [6, 6.07) is 11.7. The van der Waals surface area contributed by atoms with Crippen LogP contribution in [0.15, 0.2) is 47.4 Å². The third-order valence-corrected chi connectivity index (χ3v) is 7.03. The Kier molecular flexibility index (Phi) is 7.03. The summed E-state index contributed by atoms with van der Waals surface area (Å²) < 4.78 is 27.1. The molecule has 1 atom stereocenters. The average molecular weight is 409 g/mol. The zero-order chi connectivity index (χ0) is 20.2. The highest BCUT2D eigenvalue weighted by molar-refractivity contribution is 7.89. The van der Waals surface area contributed by atoms with E-state index in [0.717, 1.165) is 5.56 Å². The lowest BCUT2D eigenvalue weighted by Crippen LogP contribution is -2.32. The molecule has 0 spiro atoms. The molecule has 0 aliphatic heterocycles. The van der Waals surface area contributed by atoms with Crippen LogP contribution in [0.25, 0.3) is 0 Å². The van der Waals surface area contributed by atoms with Crippen molar-refractivity contribution in [3.05, 3.63) is 64.2 Å². The molecule has 0 aliphatic rings. The molecule has 1 N–H and O–H groups in total. The van der Waals surface area contributed by atoms with Crippen LogP contribution in [-0.2, 0) is 10.0 Å². The Morgan fingerprint density at radius 3 is 2.37 bits per heavy atom. The number of aryl methyl sites for hydroxylation is 1. The van der Waals surface area contributed by atoms with E-state index in [-0.39, 0.29) is 16.8 Å². The van der Waals surface area contributed by atoms with Gasteiger partial charge in [-0.05, 0) is 43.2 Å². The first-order valence-corrected chi connectivity index (χ1v) is 10.7. The Morgan fingerprint density at radius 2 is 1.78 bits per heavy atom. The van der Waals surface area contributed by atoms with Gasteiger partial charge in [0, 0.05) is 23.7 Å². The van der Waals surface area contributed by atoms with E-state index in [9.17, 15) is 13.2 Å². The summed E-state index contributed by atoms with van der Waals surface area (Å²) in [5, 5.41) is 3.45. The van der Waals surface area contributed by atoms with E-state index in [0.29, 0.717) is 29.2 Å². The maximum atomic E-state index is 12.9. The minimum Gasteiger partial charge on any atom is -0.345 e. The number of halogens is 1. The van der Waals surface area contributed by atoms with E-state index in [2.05, 4.69) is 5.32 Å². The van der Waals surface area contributed by atoms with E-state index in [4.69, 9.17) is 11.6 Å². The van der Waals surface area contributed by atoms with Crippen LogP contribution >= 0.6 is 11.6 Å². The second-order valence-electron chi connectivity index (χ2n) is 6.29. The van der Waals surface area contributed by atoms with Crippen LogP contribution in [-0.4, -0.2) is 31.7 Å². The topological polar surface area (TPSA) is 66.5 Å². The van der Waals surface area contributed by atoms with Crippen molar-refractivity contribution in [2.75, 3.05) is 13.1 Å². The monoisotopic (exact) mass is 408 g/mol. The Labute approximate surface area is 166 Å². The molecule has 0 radical (unpaired) electrons. The average Bonchev–Trinajstić information content (AvgIpc) is 2.62. The van der Waals surface area contributed by atoms with E-state index in [1.54, 1.807) is 39.0 Å². The minimum atomic E-state index is -3.64. The van der Waals surface area contributed by atoms with Crippen molar-refractivity contribution in [3.8, 4) is 0 Å². The van der Waals surface area contributed by atoms with E-state index in [1.807, 2.05) is 25.1 Å². The molecule has 1 amide bonds. The quantitative estimate of drug-likeness (QED) is 0.747. The first-order valence-electron chi connectivity index (χ1n) is 8.88. The number of hydrogen-bond acceptors (Lipinski definition) is 3. The molecule has 2 rings (SSSR count). The van der Waals surface area contributed by atoms with Gasteiger partial charge in [-0.25, -0.2) is 8.42 Å². The van der Waals surface area contributed by atoms with Gasteiger partial charge < -0.3 is 5.32 Å². The molecule has 146 valence electrons. The van der Waals surface area contributed by atoms with Crippen LogP contribution in [0.1, 0.15) is 48.3 Å². The number of amides is 1. The molecule has 7 heteroatoms. The van der Waals surface area contributed by atoms with Crippen molar-refractivity contribution in [2.45, 2.75) is 38.6 Å². The molecule has 5 nitrogen and oxygen atoms in total. The summed E-state index contributed by atoms with van der Waals surface area (Å²) in [4.78, 5) is 12.8. The van der Waals surface area contributed by atoms with Gasteiger partial charge in [-0.15, -0.1) is 0 Å². The van der Waals surface area contributed by atoms with Crippen LogP contribution in [0, 0.1) is 6.92 Å². The van der Waals surface area contributed by atoms with Gasteiger partial charge in [-0.3, -0.25) is 4.79 Å². The predicted octanol–water partition coefficient (Wildman–Crippen LogP) is 4.17. The molecule has 0 fully saturated rings. The zero-order valence-corrected chi connectivity index (χ0v) is 17.6. The molecule has 0 saturated carbocycles. The number of rotatable bonds is 7. The lowest BCUT2D eigenvalue weighted by atomic mass is 10.1. The maximum absolute atomic E-state index is 12.9. The van der Waals surface area contributed by atoms with Crippen LogP contribution in [0.5, 0.6) is 0 Å². The molecule has 0 heterocycles. The van der Waals surface area contributed by atoms with Crippen molar-refractivity contribution < 1.29 is 13.2 Å². The number of benzene rings is 2. The second-order valence-corrected chi connectivity index (χ2v) is 8.60. The Balaban J connectivity index is 2.32. The van der Waals surface area contributed by atoms with Gasteiger partial charge in [0.25, 0.3) is 5.91 Å². The summed E-state index contributed by atoms with van der Waals surface area (Å²) in [5.41, 5.74) is 1.71. The largest absolute Gasteiger partial charge is 0.345 e. The van der Waals surface area contributed by atoms with Crippen LogP contribution < -0.4 is 5.32 Å². The number of carbonyl (C=O) groups excluding carboxylic acids is 1. The number of hydrogen-bond donors (Lipinski definition) is 1. The zero-order valence-electron chi connectivity index (χ0n) is 16.0. The predicted molar refractivity (Wildman–Crippen MR) is 109 cm³/mol. The standard InChI is InChI=1S/C20H25ClN2O3S/c1-5-23(6-2)27(25,26)19-13-16(12-11-14(19)3)20(24)22-15(4)17-9-7-8-10-18(17)21/h7-13,15H,5-6H2,1-4H3,(H,22,24). The molecule has 2 aromatic rings. The summed E-state index contributed by atoms with van der Waals surface area (Å²) in [6.45, 7) is 7.89. The molecular formula is C20H25ClN2O3S. The molecule has 0 aromatic heterocycles. The van der Waals surface area contributed by atoms with Gasteiger partial charge >= 0.3 is 0 Å². The van der Waals surface area contributed by atoms with Crippen LogP contribution in [0.2, 0.25) is 5.02 Å². The number of nitrogens with zero attached hydrogens (tertiary/aromatic N) is 1. The van der Waals surface area contributed by atoms with Crippen molar-refractivity contribution in [1.82, 2.24) is 9.62 Å². The minimum absolute atomic E-state index is 0.157. The van der Waals surface area contributed by atoms with Gasteiger partial charge in [-0.1, -0.05) is 49.7 Å². The Hall–Kier alpha value is -1.89. The molecular weight excluding hydrogens is 384 g/mol. The third-order valence-electron chi connectivity index (χ3n) is 4.49. The van der Waals surface area contributed by atoms with Gasteiger partial charge in [0.15, 0.2) is 0 Å². The van der Waals surface area contributed by atoms with Crippen LogP contribution in [0.4, 0.5) is 0 Å². The molecule has 0 bridgehead atoms. The Morgan fingerprint density at radius 1 is 1.15 bits per heavy atom. The van der Waals surface area contributed by atoms with E-state index in [1.165, 1.54) is 10.4 Å². The molecule has 2 aromatic carbocycles. The molecule has 1 unspecified atom stereocenters. The highest BCUT2D eigenvalue weighted by Gasteiger charge is 2.25. The summed E-state index contributed by atoms with van der Waals surface area (Å²) >= 11 is 6.19. The second kappa shape index (κ2) is 8.87.